The smallest absolute Gasteiger partial charge is 0.251 e. The lowest BCUT2D eigenvalue weighted by atomic mass is 10.1. The van der Waals surface area contributed by atoms with Crippen molar-refractivity contribution < 1.29 is 4.79 Å². The Hall–Kier alpha value is -0.350. The molecule has 0 aromatic heterocycles. The summed E-state index contributed by atoms with van der Waals surface area (Å²) in [5.41, 5.74) is 0.684. The van der Waals surface area contributed by atoms with E-state index in [1.165, 1.54) is 0 Å². The standard InChI is InChI=1S/C12H15Br2NO/c1-8(13)6-9(2)15-12(16)10-4-3-5-11(14)7-10/h3-5,7-9H,6H2,1-2H3,(H,15,16). The maximum absolute atomic E-state index is 11.8. The quantitative estimate of drug-likeness (QED) is 0.825. The van der Waals surface area contributed by atoms with Gasteiger partial charge in [0.2, 0.25) is 0 Å². The fourth-order valence-electron chi connectivity index (χ4n) is 1.48. The van der Waals surface area contributed by atoms with Crippen LogP contribution in [0, 0.1) is 0 Å². The van der Waals surface area contributed by atoms with Gasteiger partial charge in [0.15, 0.2) is 0 Å². The van der Waals surface area contributed by atoms with Gasteiger partial charge in [0.05, 0.1) is 0 Å². The van der Waals surface area contributed by atoms with E-state index < -0.39 is 0 Å². The van der Waals surface area contributed by atoms with Crippen molar-refractivity contribution in [1.82, 2.24) is 5.32 Å². The van der Waals surface area contributed by atoms with Crippen LogP contribution in [-0.4, -0.2) is 16.8 Å². The Morgan fingerprint density at radius 1 is 1.44 bits per heavy atom. The number of carbonyl (C=O) groups is 1. The van der Waals surface area contributed by atoms with Crippen LogP contribution in [-0.2, 0) is 0 Å². The summed E-state index contributed by atoms with van der Waals surface area (Å²) in [6.07, 6.45) is 0.916. The Bertz CT molecular complexity index is 366. The van der Waals surface area contributed by atoms with Crippen LogP contribution in [0.3, 0.4) is 0 Å². The van der Waals surface area contributed by atoms with Crippen LogP contribution in [0.25, 0.3) is 0 Å². The van der Waals surface area contributed by atoms with Crippen molar-refractivity contribution in [2.24, 2.45) is 0 Å². The van der Waals surface area contributed by atoms with Crippen LogP contribution >= 0.6 is 31.9 Å². The van der Waals surface area contributed by atoms with E-state index in [1.54, 1.807) is 0 Å². The number of alkyl halides is 1. The molecule has 0 bridgehead atoms. The Balaban J connectivity index is 2.59. The lowest BCUT2D eigenvalue weighted by Gasteiger charge is -2.15. The molecule has 0 aliphatic heterocycles. The Kier molecular flexibility index (Phi) is 5.49. The molecule has 0 saturated heterocycles. The molecule has 2 nitrogen and oxygen atoms in total. The minimum absolute atomic E-state index is 0.0260. The number of benzene rings is 1. The van der Waals surface area contributed by atoms with E-state index in [-0.39, 0.29) is 11.9 Å². The van der Waals surface area contributed by atoms with Crippen LogP contribution in [0.2, 0.25) is 0 Å². The van der Waals surface area contributed by atoms with Gasteiger partial charge in [-0.05, 0) is 31.5 Å². The maximum atomic E-state index is 11.8. The van der Waals surface area contributed by atoms with Gasteiger partial charge < -0.3 is 5.32 Å². The summed E-state index contributed by atoms with van der Waals surface area (Å²) < 4.78 is 0.918. The molecule has 0 aliphatic rings. The van der Waals surface area contributed by atoms with Crippen LogP contribution < -0.4 is 5.32 Å². The average Bonchev–Trinajstić information content (AvgIpc) is 2.16. The molecule has 0 heterocycles. The zero-order chi connectivity index (χ0) is 12.1. The van der Waals surface area contributed by atoms with Crippen molar-refractivity contribution in [3.63, 3.8) is 0 Å². The monoisotopic (exact) mass is 347 g/mol. The first-order valence-corrected chi connectivity index (χ1v) is 6.90. The fraction of sp³-hybridized carbons (Fsp3) is 0.417. The number of halogens is 2. The van der Waals surface area contributed by atoms with E-state index in [2.05, 4.69) is 44.1 Å². The Morgan fingerprint density at radius 2 is 2.12 bits per heavy atom. The number of carbonyl (C=O) groups excluding carboxylic acids is 1. The summed E-state index contributed by atoms with van der Waals surface area (Å²) in [5, 5.41) is 2.96. The first-order valence-electron chi connectivity index (χ1n) is 5.19. The van der Waals surface area contributed by atoms with E-state index in [0.29, 0.717) is 10.4 Å². The Labute approximate surface area is 113 Å². The van der Waals surface area contributed by atoms with E-state index in [1.807, 2.05) is 31.2 Å². The number of amides is 1. The highest BCUT2D eigenvalue weighted by Gasteiger charge is 2.11. The zero-order valence-corrected chi connectivity index (χ0v) is 12.5. The molecule has 1 N–H and O–H groups in total. The Morgan fingerprint density at radius 3 is 2.69 bits per heavy atom. The van der Waals surface area contributed by atoms with Crippen LogP contribution in [0.4, 0.5) is 0 Å². The van der Waals surface area contributed by atoms with E-state index in [0.717, 1.165) is 10.9 Å². The minimum atomic E-state index is -0.0260. The van der Waals surface area contributed by atoms with Gasteiger partial charge in [-0.1, -0.05) is 44.8 Å². The summed E-state index contributed by atoms with van der Waals surface area (Å²) in [6.45, 7) is 4.08. The third kappa shape index (κ3) is 4.66. The summed E-state index contributed by atoms with van der Waals surface area (Å²) in [7, 11) is 0. The highest BCUT2D eigenvalue weighted by atomic mass is 79.9. The molecule has 0 spiro atoms. The second-order valence-corrected chi connectivity index (χ2v) is 6.38. The summed E-state index contributed by atoms with van der Waals surface area (Å²) in [4.78, 5) is 12.2. The van der Waals surface area contributed by atoms with Gasteiger partial charge >= 0.3 is 0 Å². The van der Waals surface area contributed by atoms with Crippen LogP contribution in [0.1, 0.15) is 30.6 Å². The molecule has 88 valence electrons. The van der Waals surface area contributed by atoms with Gasteiger partial charge in [0.25, 0.3) is 5.91 Å². The summed E-state index contributed by atoms with van der Waals surface area (Å²) in [6, 6.07) is 7.56. The highest BCUT2D eigenvalue weighted by molar-refractivity contribution is 9.10. The van der Waals surface area contributed by atoms with Gasteiger partial charge in [0, 0.05) is 20.9 Å². The number of hydrogen-bond donors (Lipinski definition) is 1. The molecule has 1 rings (SSSR count). The SMILES string of the molecule is CC(Br)CC(C)NC(=O)c1cccc(Br)c1. The van der Waals surface area contributed by atoms with Crippen molar-refractivity contribution in [3.8, 4) is 0 Å². The van der Waals surface area contributed by atoms with Crippen molar-refractivity contribution in [2.75, 3.05) is 0 Å². The first-order chi connectivity index (χ1) is 7.49. The lowest BCUT2D eigenvalue weighted by Crippen LogP contribution is -2.33. The van der Waals surface area contributed by atoms with Crippen molar-refractivity contribution >= 4 is 37.8 Å². The predicted octanol–water partition coefficient (Wildman–Crippen LogP) is 3.74. The van der Waals surface area contributed by atoms with E-state index >= 15 is 0 Å². The van der Waals surface area contributed by atoms with Crippen LogP contribution in [0.15, 0.2) is 28.7 Å². The zero-order valence-electron chi connectivity index (χ0n) is 9.34. The molecule has 2 atom stereocenters. The molecule has 0 radical (unpaired) electrons. The second-order valence-electron chi connectivity index (χ2n) is 3.90. The summed E-state index contributed by atoms with van der Waals surface area (Å²) in [5.74, 6) is -0.0260. The van der Waals surface area contributed by atoms with Gasteiger partial charge in [-0.25, -0.2) is 0 Å². The van der Waals surface area contributed by atoms with Crippen LogP contribution in [0.5, 0.6) is 0 Å². The van der Waals surface area contributed by atoms with Gasteiger partial charge in [0.1, 0.15) is 0 Å². The van der Waals surface area contributed by atoms with E-state index in [9.17, 15) is 4.79 Å². The molecule has 0 aliphatic carbocycles. The van der Waals surface area contributed by atoms with Crippen molar-refractivity contribution in [2.45, 2.75) is 31.1 Å². The molecular formula is C12H15Br2NO. The second kappa shape index (κ2) is 6.40. The maximum Gasteiger partial charge on any atom is 0.251 e. The first kappa shape index (κ1) is 13.7. The third-order valence-corrected chi connectivity index (χ3v) is 3.01. The fourth-order valence-corrected chi connectivity index (χ4v) is 2.44. The molecular weight excluding hydrogens is 334 g/mol. The normalized spacial score (nSPS) is 14.2. The van der Waals surface area contributed by atoms with E-state index in [4.69, 9.17) is 0 Å². The number of rotatable bonds is 4. The molecule has 1 amide bonds. The topological polar surface area (TPSA) is 29.1 Å². The molecule has 0 fully saturated rings. The highest BCUT2D eigenvalue weighted by Crippen LogP contribution is 2.12. The number of hydrogen-bond acceptors (Lipinski definition) is 1. The number of nitrogens with one attached hydrogen (secondary N) is 1. The molecule has 16 heavy (non-hydrogen) atoms. The van der Waals surface area contributed by atoms with Gasteiger partial charge in [-0.2, -0.15) is 0 Å². The van der Waals surface area contributed by atoms with Crippen molar-refractivity contribution in [3.05, 3.63) is 34.3 Å². The minimum Gasteiger partial charge on any atom is -0.350 e. The summed E-state index contributed by atoms with van der Waals surface area (Å²) >= 11 is 6.82. The molecule has 4 heteroatoms. The molecule has 0 saturated carbocycles. The van der Waals surface area contributed by atoms with Crippen molar-refractivity contribution in [1.29, 1.82) is 0 Å². The average molecular weight is 349 g/mol. The molecule has 1 aromatic rings. The van der Waals surface area contributed by atoms with Gasteiger partial charge in [-0.3, -0.25) is 4.79 Å². The third-order valence-electron chi connectivity index (χ3n) is 2.14. The lowest BCUT2D eigenvalue weighted by molar-refractivity contribution is 0.0938. The predicted molar refractivity (Wildman–Crippen MR) is 74.1 cm³/mol. The molecule has 2 unspecified atom stereocenters. The largest absolute Gasteiger partial charge is 0.350 e. The molecule has 1 aromatic carbocycles. The van der Waals surface area contributed by atoms with Gasteiger partial charge in [-0.15, -0.1) is 0 Å².